The van der Waals surface area contributed by atoms with E-state index in [1.807, 2.05) is 19.1 Å². The van der Waals surface area contributed by atoms with Crippen LogP contribution in [0.25, 0.3) is 0 Å². The Morgan fingerprint density at radius 2 is 1.69 bits per heavy atom. The standard InChI is InChI=1S/C24H25NO4/c1-5-10-21(24(28)29-6-2)18(4)22(26)25(20-15-13-17(3)14-16-20)23(27)19-11-8-7-9-12-19/h5,7-9,11-16,21H,1,4,6,10H2,2-3H3. The molecular formula is C24H25NO4. The molecule has 150 valence electrons. The second-order valence-corrected chi connectivity index (χ2v) is 6.50. The van der Waals surface area contributed by atoms with Crippen LogP contribution in [0.15, 0.2) is 79.4 Å². The molecule has 0 aromatic heterocycles. The van der Waals surface area contributed by atoms with Gasteiger partial charge < -0.3 is 4.74 Å². The van der Waals surface area contributed by atoms with Gasteiger partial charge in [0, 0.05) is 11.1 Å². The second kappa shape index (κ2) is 10.2. The second-order valence-electron chi connectivity index (χ2n) is 6.50. The number of hydrogen-bond donors (Lipinski definition) is 0. The van der Waals surface area contributed by atoms with Gasteiger partial charge in [0.1, 0.15) is 0 Å². The third-order valence-electron chi connectivity index (χ3n) is 4.39. The molecule has 0 heterocycles. The van der Waals surface area contributed by atoms with Crippen molar-refractivity contribution >= 4 is 23.5 Å². The van der Waals surface area contributed by atoms with Crippen LogP contribution in [0.2, 0.25) is 0 Å². The lowest BCUT2D eigenvalue weighted by atomic mass is 9.95. The van der Waals surface area contributed by atoms with Crippen LogP contribution in [0.4, 0.5) is 5.69 Å². The molecule has 2 amide bonds. The van der Waals surface area contributed by atoms with E-state index in [0.717, 1.165) is 10.5 Å². The number of nitrogens with zero attached hydrogens (tertiary/aromatic N) is 1. The van der Waals surface area contributed by atoms with Gasteiger partial charge in [0.2, 0.25) is 0 Å². The zero-order chi connectivity index (χ0) is 21.4. The maximum absolute atomic E-state index is 13.3. The Bertz CT molecular complexity index is 900. The van der Waals surface area contributed by atoms with Gasteiger partial charge in [-0.3, -0.25) is 14.4 Å². The predicted octanol–water partition coefficient (Wildman–Crippen LogP) is 4.48. The van der Waals surface area contributed by atoms with Gasteiger partial charge >= 0.3 is 5.97 Å². The van der Waals surface area contributed by atoms with Crippen molar-refractivity contribution in [2.24, 2.45) is 5.92 Å². The van der Waals surface area contributed by atoms with Crippen molar-refractivity contribution in [1.29, 1.82) is 0 Å². The minimum absolute atomic E-state index is 0.0202. The fraction of sp³-hybridized carbons (Fsp3) is 0.208. The molecule has 0 aliphatic heterocycles. The van der Waals surface area contributed by atoms with E-state index in [0.29, 0.717) is 11.3 Å². The van der Waals surface area contributed by atoms with E-state index < -0.39 is 23.7 Å². The molecule has 1 unspecified atom stereocenters. The number of anilines is 1. The highest BCUT2D eigenvalue weighted by atomic mass is 16.5. The lowest BCUT2D eigenvalue weighted by molar-refractivity contribution is -0.147. The molecule has 2 aromatic rings. The smallest absolute Gasteiger partial charge is 0.313 e. The molecule has 0 saturated heterocycles. The van der Waals surface area contributed by atoms with Crippen LogP contribution in [-0.4, -0.2) is 24.4 Å². The van der Waals surface area contributed by atoms with Crippen molar-refractivity contribution in [3.05, 3.63) is 90.5 Å². The lowest BCUT2D eigenvalue weighted by Gasteiger charge is -2.25. The summed E-state index contributed by atoms with van der Waals surface area (Å²) in [6, 6.07) is 15.5. The molecule has 0 N–H and O–H groups in total. The predicted molar refractivity (Wildman–Crippen MR) is 114 cm³/mol. The number of allylic oxidation sites excluding steroid dienone is 1. The Kier molecular flexibility index (Phi) is 7.66. The first-order valence-corrected chi connectivity index (χ1v) is 9.37. The normalized spacial score (nSPS) is 11.2. The first kappa shape index (κ1) is 21.8. The molecule has 0 radical (unpaired) electrons. The molecule has 0 fully saturated rings. The first-order valence-electron chi connectivity index (χ1n) is 9.37. The van der Waals surface area contributed by atoms with Crippen LogP contribution in [-0.2, 0) is 14.3 Å². The van der Waals surface area contributed by atoms with Crippen LogP contribution in [0.1, 0.15) is 29.3 Å². The largest absolute Gasteiger partial charge is 0.466 e. The summed E-state index contributed by atoms with van der Waals surface area (Å²) in [7, 11) is 0. The van der Waals surface area contributed by atoms with Gasteiger partial charge in [-0.1, -0.05) is 48.6 Å². The zero-order valence-electron chi connectivity index (χ0n) is 16.8. The van der Waals surface area contributed by atoms with E-state index in [4.69, 9.17) is 4.74 Å². The van der Waals surface area contributed by atoms with E-state index in [2.05, 4.69) is 13.2 Å². The number of amides is 2. The molecule has 2 rings (SSSR count). The van der Waals surface area contributed by atoms with E-state index in [1.165, 1.54) is 6.08 Å². The highest BCUT2D eigenvalue weighted by molar-refractivity contribution is 6.26. The SMILES string of the molecule is C=CCC(C(=C)C(=O)N(C(=O)c1ccccc1)c1ccc(C)cc1)C(=O)OCC. The van der Waals surface area contributed by atoms with Gasteiger partial charge in [0.15, 0.2) is 0 Å². The van der Waals surface area contributed by atoms with Crippen molar-refractivity contribution in [2.45, 2.75) is 20.3 Å². The van der Waals surface area contributed by atoms with Gasteiger partial charge in [-0.05, 0) is 44.5 Å². The molecule has 5 nitrogen and oxygen atoms in total. The van der Waals surface area contributed by atoms with E-state index in [9.17, 15) is 14.4 Å². The van der Waals surface area contributed by atoms with Gasteiger partial charge in [0.05, 0.1) is 18.2 Å². The third-order valence-corrected chi connectivity index (χ3v) is 4.39. The number of aryl methyl sites for hydroxylation is 1. The molecular weight excluding hydrogens is 366 g/mol. The number of benzene rings is 2. The average Bonchev–Trinajstić information content (AvgIpc) is 2.73. The summed E-state index contributed by atoms with van der Waals surface area (Å²) in [5.41, 5.74) is 1.72. The minimum Gasteiger partial charge on any atom is -0.466 e. The molecule has 0 saturated carbocycles. The molecule has 0 spiro atoms. The van der Waals surface area contributed by atoms with E-state index in [1.54, 1.807) is 49.4 Å². The number of carbonyl (C=O) groups is 3. The Labute approximate surface area is 171 Å². The monoisotopic (exact) mass is 391 g/mol. The number of rotatable bonds is 8. The summed E-state index contributed by atoms with van der Waals surface area (Å²) in [6.07, 6.45) is 1.71. The number of hydrogen-bond acceptors (Lipinski definition) is 4. The zero-order valence-corrected chi connectivity index (χ0v) is 16.8. The van der Waals surface area contributed by atoms with Crippen molar-refractivity contribution in [1.82, 2.24) is 0 Å². The van der Waals surface area contributed by atoms with Crippen molar-refractivity contribution in [2.75, 3.05) is 11.5 Å². The summed E-state index contributed by atoms with van der Waals surface area (Å²) in [5, 5.41) is 0. The van der Waals surface area contributed by atoms with Crippen molar-refractivity contribution in [3.8, 4) is 0 Å². The minimum atomic E-state index is -0.906. The van der Waals surface area contributed by atoms with E-state index >= 15 is 0 Å². The van der Waals surface area contributed by atoms with Crippen molar-refractivity contribution < 1.29 is 19.1 Å². The summed E-state index contributed by atoms with van der Waals surface area (Å²) in [5.74, 6) is -2.62. The summed E-state index contributed by atoms with van der Waals surface area (Å²) >= 11 is 0. The van der Waals surface area contributed by atoms with Crippen LogP contribution in [0.3, 0.4) is 0 Å². The Morgan fingerprint density at radius 3 is 2.24 bits per heavy atom. The molecule has 29 heavy (non-hydrogen) atoms. The molecule has 5 heteroatoms. The fourth-order valence-electron chi connectivity index (χ4n) is 2.81. The highest BCUT2D eigenvalue weighted by Gasteiger charge is 2.33. The van der Waals surface area contributed by atoms with Gasteiger partial charge in [-0.15, -0.1) is 6.58 Å². The third kappa shape index (κ3) is 5.29. The summed E-state index contributed by atoms with van der Waals surface area (Å²) < 4.78 is 5.07. The number of carbonyl (C=O) groups excluding carboxylic acids is 3. The van der Waals surface area contributed by atoms with E-state index in [-0.39, 0.29) is 18.6 Å². The highest BCUT2D eigenvalue weighted by Crippen LogP contribution is 2.25. The average molecular weight is 391 g/mol. The Hall–Kier alpha value is -3.47. The molecule has 2 aromatic carbocycles. The fourth-order valence-corrected chi connectivity index (χ4v) is 2.81. The van der Waals surface area contributed by atoms with Gasteiger partial charge in [-0.2, -0.15) is 0 Å². The van der Waals surface area contributed by atoms with Gasteiger partial charge in [-0.25, -0.2) is 4.90 Å². The lowest BCUT2D eigenvalue weighted by Crippen LogP contribution is -2.40. The first-order chi connectivity index (χ1) is 13.9. The Morgan fingerprint density at radius 1 is 1.07 bits per heavy atom. The van der Waals surface area contributed by atoms with Crippen LogP contribution >= 0.6 is 0 Å². The van der Waals surface area contributed by atoms with Crippen LogP contribution in [0.5, 0.6) is 0 Å². The molecule has 0 aliphatic carbocycles. The maximum Gasteiger partial charge on any atom is 0.313 e. The Balaban J connectivity index is 2.46. The molecule has 1 atom stereocenters. The molecule has 0 aliphatic rings. The quantitative estimate of drug-likeness (QED) is 0.378. The summed E-state index contributed by atoms with van der Waals surface area (Å²) in [4.78, 5) is 39.9. The van der Waals surface area contributed by atoms with Crippen LogP contribution < -0.4 is 4.90 Å². The molecule has 0 bridgehead atoms. The summed E-state index contributed by atoms with van der Waals surface area (Å²) in [6.45, 7) is 11.2. The van der Waals surface area contributed by atoms with Crippen molar-refractivity contribution in [3.63, 3.8) is 0 Å². The topological polar surface area (TPSA) is 63.7 Å². The number of esters is 1. The van der Waals surface area contributed by atoms with Gasteiger partial charge in [0.25, 0.3) is 11.8 Å². The van der Waals surface area contributed by atoms with Crippen LogP contribution in [0, 0.1) is 12.8 Å². The number of ether oxygens (including phenoxy) is 1. The number of imide groups is 1. The maximum atomic E-state index is 13.3.